The molecule has 0 radical (unpaired) electrons. The van der Waals surface area contributed by atoms with Crippen molar-refractivity contribution in [3.05, 3.63) is 53.1 Å². The molecule has 0 fully saturated rings. The Kier molecular flexibility index (Phi) is 4.15. The minimum absolute atomic E-state index is 0.397. The molecule has 0 bridgehead atoms. The summed E-state index contributed by atoms with van der Waals surface area (Å²) in [7, 11) is 0. The summed E-state index contributed by atoms with van der Waals surface area (Å²) in [4.78, 5) is 7.45. The Bertz CT molecular complexity index is 485. The third-order valence-corrected chi connectivity index (χ3v) is 3.18. The summed E-state index contributed by atoms with van der Waals surface area (Å²) in [6, 6.07) is 9.14. The quantitative estimate of drug-likeness (QED) is 0.846. The van der Waals surface area contributed by atoms with Crippen LogP contribution in [0.5, 0.6) is 0 Å². The summed E-state index contributed by atoms with van der Waals surface area (Å²) >= 11 is 0. The van der Waals surface area contributed by atoms with Gasteiger partial charge in [0, 0.05) is 24.5 Å². The van der Waals surface area contributed by atoms with Crippen LogP contribution in [-0.2, 0) is 6.54 Å². The van der Waals surface area contributed by atoms with E-state index in [4.69, 9.17) is 0 Å². The van der Waals surface area contributed by atoms with Crippen LogP contribution in [0.1, 0.15) is 42.0 Å². The maximum absolute atomic E-state index is 4.21. The maximum Gasteiger partial charge on any atom is 0.103 e. The third-order valence-electron chi connectivity index (χ3n) is 3.18. The first-order chi connectivity index (χ1) is 8.69. The Labute approximate surface area is 109 Å². The maximum atomic E-state index is 4.21. The van der Waals surface area contributed by atoms with Gasteiger partial charge in [0.1, 0.15) is 5.82 Å². The van der Waals surface area contributed by atoms with Crippen LogP contribution in [0.15, 0.2) is 30.5 Å². The SMILES string of the molecule is CCC(NCc1cnc(C)[nH]1)c1ccc(C)cc1. The summed E-state index contributed by atoms with van der Waals surface area (Å²) in [5.74, 6) is 0.968. The number of rotatable bonds is 5. The van der Waals surface area contributed by atoms with Gasteiger partial charge in [-0.25, -0.2) is 4.98 Å². The lowest BCUT2D eigenvalue weighted by Crippen LogP contribution is -2.20. The number of nitrogens with one attached hydrogen (secondary N) is 2. The van der Waals surface area contributed by atoms with E-state index in [1.807, 2.05) is 13.1 Å². The van der Waals surface area contributed by atoms with Crippen molar-refractivity contribution in [1.29, 1.82) is 0 Å². The second-order valence-electron chi connectivity index (χ2n) is 4.75. The smallest absolute Gasteiger partial charge is 0.103 e. The summed E-state index contributed by atoms with van der Waals surface area (Å²) in [5, 5.41) is 3.56. The van der Waals surface area contributed by atoms with Crippen LogP contribution in [0.2, 0.25) is 0 Å². The highest BCUT2D eigenvalue weighted by Crippen LogP contribution is 2.17. The van der Waals surface area contributed by atoms with E-state index in [1.165, 1.54) is 11.1 Å². The van der Waals surface area contributed by atoms with Gasteiger partial charge in [0.05, 0.1) is 0 Å². The molecule has 18 heavy (non-hydrogen) atoms. The van der Waals surface area contributed by atoms with Crippen molar-refractivity contribution in [2.24, 2.45) is 0 Å². The molecule has 0 aliphatic rings. The van der Waals surface area contributed by atoms with Crippen molar-refractivity contribution >= 4 is 0 Å². The molecule has 2 N–H and O–H groups in total. The largest absolute Gasteiger partial charge is 0.345 e. The number of aromatic nitrogens is 2. The molecule has 0 amide bonds. The number of benzene rings is 1. The summed E-state index contributed by atoms with van der Waals surface area (Å²) < 4.78 is 0. The molecule has 1 aromatic carbocycles. The topological polar surface area (TPSA) is 40.7 Å². The van der Waals surface area contributed by atoms with Gasteiger partial charge in [-0.15, -0.1) is 0 Å². The number of hydrogen-bond donors (Lipinski definition) is 2. The first kappa shape index (κ1) is 12.8. The molecule has 2 rings (SSSR count). The van der Waals surface area contributed by atoms with Gasteiger partial charge < -0.3 is 10.3 Å². The van der Waals surface area contributed by atoms with E-state index >= 15 is 0 Å². The van der Waals surface area contributed by atoms with E-state index in [0.717, 1.165) is 24.5 Å². The van der Waals surface area contributed by atoms with Gasteiger partial charge in [0.2, 0.25) is 0 Å². The monoisotopic (exact) mass is 243 g/mol. The van der Waals surface area contributed by atoms with Crippen molar-refractivity contribution in [1.82, 2.24) is 15.3 Å². The van der Waals surface area contributed by atoms with Crippen molar-refractivity contribution in [2.45, 2.75) is 39.8 Å². The highest BCUT2D eigenvalue weighted by Gasteiger charge is 2.08. The van der Waals surface area contributed by atoms with Crippen LogP contribution in [-0.4, -0.2) is 9.97 Å². The lowest BCUT2D eigenvalue weighted by atomic mass is 10.0. The molecule has 1 heterocycles. The van der Waals surface area contributed by atoms with Gasteiger partial charge >= 0.3 is 0 Å². The number of H-pyrrole nitrogens is 1. The summed E-state index contributed by atoms with van der Waals surface area (Å²) in [5.41, 5.74) is 3.79. The fourth-order valence-electron chi connectivity index (χ4n) is 2.09. The number of aromatic amines is 1. The van der Waals surface area contributed by atoms with Gasteiger partial charge in [0.25, 0.3) is 0 Å². The first-order valence-electron chi connectivity index (χ1n) is 6.49. The molecule has 96 valence electrons. The van der Waals surface area contributed by atoms with Gasteiger partial charge in [-0.05, 0) is 25.8 Å². The first-order valence-corrected chi connectivity index (χ1v) is 6.49. The molecular formula is C15H21N3. The molecule has 3 heteroatoms. The predicted octanol–water partition coefficient (Wildman–Crippen LogP) is 3.27. The van der Waals surface area contributed by atoms with E-state index in [-0.39, 0.29) is 0 Å². The molecule has 1 aromatic heterocycles. The number of nitrogens with zero attached hydrogens (tertiary/aromatic N) is 1. The molecule has 0 spiro atoms. The minimum atomic E-state index is 0.397. The van der Waals surface area contributed by atoms with Crippen molar-refractivity contribution in [3.63, 3.8) is 0 Å². The lowest BCUT2D eigenvalue weighted by Gasteiger charge is -2.17. The Balaban J connectivity index is 1.99. The molecule has 1 atom stereocenters. The van der Waals surface area contributed by atoms with E-state index in [2.05, 4.69) is 53.4 Å². The Morgan fingerprint density at radius 1 is 1.22 bits per heavy atom. The standard InChI is InChI=1S/C15H21N3/c1-4-15(13-7-5-11(2)6-8-13)17-10-14-9-16-12(3)18-14/h5-9,15,17H,4,10H2,1-3H3,(H,16,18). The lowest BCUT2D eigenvalue weighted by molar-refractivity contribution is 0.515. The molecule has 0 aliphatic carbocycles. The van der Waals surface area contributed by atoms with E-state index in [0.29, 0.717) is 6.04 Å². The normalized spacial score (nSPS) is 12.6. The van der Waals surface area contributed by atoms with Crippen LogP contribution in [0, 0.1) is 13.8 Å². The number of hydrogen-bond acceptors (Lipinski definition) is 2. The predicted molar refractivity (Wildman–Crippen MR) is 74.4 cm³/mol. The zero-order valence-electron chi connectivity index (χ0n) is 11.3. The molecule has 1 unspecified atom stereocenters. The van der Waals surface area contributed by atoms with Gasteiger partial charge in [-0.2, -0.15) is 0 Å². The van der Waals surface area contributed by atoms with Gasteiger partial charge in [-0.3, -0.25) is 0 Å². The molecule has 2 aromatic rings. The van der Waals surface area contributed by atoms with E-state index < -0.39 is 0 Å². The Morgan fingerprint density at radius 3 is 2.50 bits per heavy atom. The molecular weight excluding hydrogens is 222 g/mol. The van der Waals surface area contributed by atoms with Crippen LogP contribution in [0.4, 0.5) is 0 Å². The van der Waals surface area contributed by atoms with Crippen LogP contribution in [0.3, 0.4) is 0 Å². The molecule has 0 saturated heterocycles. The second kappa shape index (κ2) is 5.83. The number of imidazole rings is 1. The van der Waals surface area contributed by atoms with Crippen molar-refractivity contribution < 1.29 is 0 Å². The zero-order valence-corrected chi connectivity index (χ0v) is 11.3. The molecule has 0 aliphatic heterocycles. The highest BCUT2D eigenvalue weighted by atomic mass is 15.0. The van der Waals surface area contributed by atoms with Gasteiger partial charge in [0.15, 0.2) is 0 Å². The second-order valence-corrected chi connectivity index (χ2v) is 4.75. The van der Waals surface area contributed by atoms with E-state index in [9.17, 15) is 0 Å². The van der Waals surface area contributed by atoms with Crippen LogP contribution in [0.25, 0.3) is 0 Å². The minimum Gasteiger partial charge on any atom is -0.345 e. The molecule has 0 saturated carbocycles. The zero-order chi connectivity index (χ0) is 13.0. The number of aryl methyl sites for hydroxylation is 2. The van der Waals surface area contributed by atoms with Crippen molar-refractivity contribution in [3.8, 4) is 0 Å². The van der Waals surface area contributed by atoms with Crippen molar-refractivity contribution in [2.75, 3.05) is 0 Å². The highest BCUT2D eigenvalue weighted by molar-refractivity contribution is 5.24. The van der Waals surface area contributed by atoms with Gasteiger partial charge in [-0.1, -0.05) is 36.8 Å². The van der Waals surface area contributed by atoms with E-state index in [1.54, 1.807) is 0 Å². The third kappa shape index (κ3) is 3.20. The summed E-state index contributed by atoms with van der Waals surface area (Å²) in [6.45, 7) is 7.12. The fraction of sp³-hybridized carbons (Fsp3) is 0.400. The average molecular weight is 243 g/mol. The Morgan fingerprint density at radius 2 is 1.94 bits per heavy atom. The van der Waals surface area contributed by atoms with Crippen LogP contribution < -0.4 is 5.32 Å². The average Bonchev–Trinajstić information content (AvgIpc) is 2.78. The Hall–Kier alpha value is -1.61. The fourth-order valence-corrected chi connectivity index (χ4v) is 2.09. The summed E-state index contributed by atoms with van der Waals surface area (Å²) in [6.07, 6.45) is 2.97. The molecule has 3 nitrogen and oxygen atoms in total. The van der Waals surface area contributed by atoms with Crippen LogP contribution >= 0.6 is 0 Å².